The molecule has 0 aliphatic carbocycles. The summed E-state index contributed by atoms with van der Waals surface area (Å²) in [6.07, 6.45) is 1.01. The van der Waals surface area contributed by atoms with Crippen LogP contribution in [0.25, 0.3) is 0 Å². The molecule has 0 unspecified atom stereocenters. The van der Waals surface area contributed by atoms with E-state index in [0.29, 0.717) is 19.0 Å². The lowest BCUT2D eigenvalue weighted by Crippen LogP contribution is -2.60. The van der Waals surface area contributed by atoms with Crippen molar-refractivity contribution in [3.8, 4) is 0 Å². The Morgan fingerprint density at radius 1 is 1.53 bits per heavy atom. The summed E-state index contributed by atoms with van der Waals surface area (Å²) in [5.74, 6) is 0.567. The zero-order chi connectivity index (χ0) is 12.7. The van der Waals surface area contributed by atoms with Gasteiger partial charge in [0, 0.05) is 13.1 Å². The highest BCUT2D eigenvalue weighted by atomic mass is 16.6. The van der Waals surface area contributed by atoms with Gasteiger partial charge in [-0.05, 0) is 27.7 Å². The second-order valence-electron chi connectivity index (χ2n) is 5.64. The summed E-state index contributed by atoms with van der Waals surface area (Å²) in [6, 6.07) is 0. The van der Waals surface area contributed by atoms with Gasteiger partial charge in [0.1, 0.15) is 5.60 Å². The Labute approximate surface area is 99.9 Å². The molecule has 0 atom stereocenters. The molecule has 6 heteroatoms. The van der Waals surface area contributed by atoms with E-state index in [2.05, 4.69) is 10.2 Å². The number of rotatable bonds is 1. The maximum Gasteiger partial charge on any atom is 0.410 e. The number of carbonyl (C=O) groups is 1. The number of likely N-dealkylation sites (tertiary alicyclic amines) is 1. The standard InChI is InChI=1S/C11H17N3O3/c1-10(2,3)17-9(15)14-5-11(4,6-14)8-13-12-7-16-8/h7H,5-6H2,1-4H3. The summed E-state index contributed by atoms with van der Waals surface area (Å²) in [7, 11) is 0. The predicted molar refractivity (Wildman–Crippen MR) is 59.5 cm³/mol. The minimum atomic E-state index is -0.465. The molecule has 0 bridgehead atoms. The summed E-state index contributed by atoms with van der Waals surface area (Å²) in [5.41, 5.74) is -0.707. The first-order valence-corrected chi connectivity index (χ1v) is 5.55. The molecular weight excluding hydrogens is 222 g/mol. The first kappa shape index (κ1) is 11.9. The lowest BCUT2D eigenvalue weighted by Gasteiger charge is -2.45. The number of hydrogen-bond donors (Lipinski definition) is 0. The van der Waals surface area contributed by atoms with Gasteiger partial charge in [-0.2, -0.15) is 0 Å². The number of carbonyl (C=O) groups excluding carboxylic acids is 1. The van der Waals surface area contributed by atoms with Crippen molar-refractivity contribution in [2.24, 2.45) is 0 Å². The van der Waals surface area contributed by atoms with Gasteiger partial charge in [-0.25, -0.2) is 4.79 Å². The topological polar surface area (TPSA) is 68.5 Å². The van der Waals surface area contributed by atoms with Gasteiger partial charge in [-0.3, -0.25) is 0 Å². The Morgan fingerprint density at radius 2 is 2.18 bits per heavy atom. The van der Waals surface area contributed by atoms with Crippen LogP contribution >= 0.6 is 0 Å². The van der Waals surface area contributed by atoms with Gasteiger partial charge in [-0.1, -0.05) is 0 Å². The van der Waals surface area contributed by atoms with Crippen LogP contribution in [0, 0.1) is 0 Å². The highest BCUT2D eigenvalue weighted by molar-refractivity contribution is 5.69. The van der Waals surface area contributed by atoms with E-state index >= 15 is 0 Å². The van der Waals surface area contributed by atoms with E-state index in [1.165, 1.54) is 6.39 Å². The van der Waals surface area contributed by atoms with Gasteiger partial charge in [0.2, 0.25) is 12.3 Å². The SMILES string of the molecule is CC(C)(C)OC(=O)N1CC(C)(c2nnco2)C1. The summed E-state index contributed by atoms with van der Waals surface area (Å²) < 4.78 is 10.4. The molecule has 1 amide bonds. The Kier molecular flexibility index (Phi) is 2.60. The highest BCUT2D eigenvalue weighted by Crippen LogP contribution is 2.33. The first-order valence-electron chi connectivity index (χ1n) is 5.55. The van der Waals surface area contributed by atoms with Gasteiger partial charge in [0.05, 0.1) is 5.41 Å². The quantitative estimate of drug-likeness (QED) is 0.744. The van der Waals surface area contributed by atoms with Crippen molar-refractivity contribution < 1.29 is 13.9 Å². The Bertz CT molecular complexity index is 402. The summed E-state index contributed by atoms with van der Waals surface area (Å²) in [4.78, 5) is 13.4. The van der Waals surface area contributed by atoms with Crippen LogP contribution in [-0.4, -0.2) is 39.9 Å². The van der Waals surface area contributed by atoms with E-state index in [1.54, 1.807) is 4.90 Å². The molecule has 6 nitrogen and oxygen atoms in total. The van der Waals surface area contributed by atoms with Crippen molar-refractivity contribution in [2.45, 2.75) is 38.7 Å². The van der Waals surface area contributed by atoms with Crippen LogP contribution < -0.4 is 0 Å². The van der Waals surface area contributed by atoms with Crippen molar-refractivity contribution in [1.82, 2.24) is 15.1 Å². The van der Waals surface area contributed by atoms with E-state index < -0.39 is 5.60 Å². The molecule has 94 valence electrons. The fourth-order valence-electron chi connectivity index (χ4n) is 1.82. The molecule has 2 rings (SSSR count). The van der Waals surface area contributed by atoms with Gasteiger partial charge >= 0.3 is 6.09 Å². The molecule has 1 aromatic rings. The maximum absolute atomic E-state index is 11.7. The van der Waals surface area contributed by atoms with Crippen molar-refractivity contribution in [2.75, 3.05) is 13.1 Å². The van der Waals surface area contributed by atoms with Gasteiger partial charge in [0.25, 0.3) is 0 Å². The monoisotopic (exact) mass is 239 g/mol. The molecule has 1 aliphatic rings. The van der Waals surface area contributed by atoms with Crippen LogP contribution in [-0.2, 0) is 10.2 Å². The van der Waals surface area contributed by atoms with E-state index in [4.69, 9.17) is 9.15 Å². The van der Waals surface area contributed by atoms with Gasteiger partial charge in [-0.15, -0.1) is 10.2 Å². The highest BCUT2D eigenvalue weighted by Gasteiger charge is 2.47. The van der Waals surface area contributed by atoms with Crippen molar-refractivity contribution >= 4 is 6.09 Å². The molecule has 1 fully saturated rings. The number of nitrogens with zero attached hydrogens (tertiary/aromatic N) is 3. The molecule has 1 aliphatic heterocycles. The number of ether oxygens (including phenoxy) is 1. The molecule has 17 heavy (non-hydrogen) atoms. The molecule has 0 aromatic carbocycles. The van der Waals surface area contributed by atoms with E-state index in [0.717, 1.165) is 0 Å². The third-order valence-electron chi connectivity index (χ3n) is 2.61. The Hall–Kier alpha value is -1.59. The lowest BCUT2D eigenvalue weighted by atomic mass is 9.82. The molecule has 0 spiro atoms. The average Bonchev–Trinajstić information content (AvgIpc) is 2.62. The zero-order valence-electron chi connectivity index (χ0n) is 10.6. The molecule has 1 aromatic heterocycles. The van der Waals surface area contributed by atoms with Crippen LogP contribution in [0.4, 0.5) is 4.79 Å². The molecule has 0 radical (unpaired) electrons. The molecule has 1 saturated heterocycles. The number of aromatic nitrogens is 2. The van der Waals surface area contributed by atoms with E-state index in [9.17, 15) is 4.79 Å². The van der Waals surface area contributed by atoms with Crippen LogP contribution in [0.1, 0.15) is 33.6 Å². The maximum atomic E-state index is 11.7. The summed E-state index contributed by atoms with van der Waals surface area (Å²) in [5, 5.41) is 7.53. The lowest BCUT2D eigenvalue weighted by molar-refractivity contribution is -0.0113. The fourth-order valence-corrected chi connectivity index (χ4v) is 1.82. The minimum absolute atomic E-state index is 0.243. The number of hydrogen-bond acceptors (Lipinski definition) is 5. The van der Waals surface area contributed by atoms with Crippen LogP contribution in [0.3, 0.4) is 0 Å². The normalized spacial score (nSPS) is 18.7. The van der Waals surface area contributed by atoms with Crippen LogP contribution in [0.2, 0.25) is 0 Å². The first-order chi connectivity index (χ1) is 7.80. The van der Waals surface area contributed by atoms with Crippen molar-refractivity contribution in [3.63, 3.8) is 0 Å². The van der Waals surface area contributed by atoms with Crippen molar-refractivity contribution in [3.05, 3.63) is 12.3 Å². The van der Waals surface area contributed by atoms with Gasteiger partial charge in [0.15, 0.2) is 0 Å². The Morgan fingerprint density at radius 3 is 2.65 bits per heavy atom. The zero-order valence-corrected chi connectivity index (χ0v) is 10.6. The number of amides is 1. The minimum Gasteiger partial charge on any atom is -0.444 e. The second-order valence-corrected chi connectivity index (χ2v) is 5.64. The van der Waals surface area contributed by atoms with Gasteiger partial charge < -0.3 is 14.1 Å². The van der Waals surface area contributed by atoms with Crippen LogP contribution in [0.15, 0.2) is 10.8 Å². The largest absolute Gasteiger partial charge is 0.444 e. The van der Waals surface area contributed by atoms with E-state index in [-0.39, 0.29) is 11.5 Å². The molecule has 2 heterocycles. The smallest absolute Gasteiger partial charge is 0.410 e. The van der Waals surface area contributed by atoms with Crippen molar-refractivity contribution in [1.29, 1.82) is 0 Å². The molecular formula is C11H17N3O3. The second kappa shape index (κ2) is 3.72. The van der Waals surface area contributed by atoms with Crippen LogP contribution in [0.5, 0.6) is 0 Å². The fraction of sp³-hybridized carbons (Fsp3) is 0.727. The third-order valence-corrected chi connectivity index (χ3v) is 2.61. The van der Waals surface area contributed by atoms with E-state index in [1.807, 2.05) is 27.7 Å². The summed E-state index contributed by atoms with van der Waals surface area (Å²) >= 11 is 0. The summed E-state index contributed by atoms with van der Waals surface area (Å²) in [6.45, 7) is 8.63. The molecule has 0 saturated carbocycles. The molecule has 0 N–H and O–H groups in total. The average molecular weight is 239 g/mol. The predicted octanol–water partition coefficient (Wildman–Crippen LogP) is 1.58. The Balaban J connectivity index is 1.93. The third kappa shape index (κ3) is 2.40.